The quantitative estimate of drug-likeness (QED) is 0.860. The number of pyridine rings is 1. The van der Waals surface area contributed by atoms with Crippen molar-refractivity contribution in [2.45, 2.75) is 19.5 Å². The van der Waals surface area contributed by atoms with E-state index < -0.39 is 0 Å². The van der Waals surface area contributed by atoms with E-state index in [1.807, 2.05) is 18.2 Å². The third-order valence-corrected chi connectivity index (χ3v) is 3.85. The molecule has 0 amide bonds. The van der Waals surface area contributed by atoms with Crippen LogP contribution in [0.1, 0.15) is 12.5 Å². The van der Waals surface area contributed by atoms with E-state index in [9.17, 15) is 5.11 Å². The van der Waals surface area contributed by atoms with Crippen LogP contribution in [0.25, 0.3) is 10.9 Å². The standard InChI is InChI=1S/C15H19N3O/c1-11-9-16-7-8-18(11)10-12-4-5-14(19)15-13(12)3-2-6-17-15/h2-6,11,16,19H,7-10H2,1H3. The van der Waals surface area contributed by atoms with E-state index in [2.05, 4.69) is 22.1 Å². The number of aromatic hydroxyl groups is 1. The van der Waals surface area contributed by atoms with E-state index >= 15 is 0 Å². The summed E-state index contributed by atoms with van der Waals surface area (Å²) in [4.78, 5) is 6.74. The van der Waals surface area contributed by atoms with Gasteiger partial charge < -0.3 is 10.4 Å². The highest BCUT2D eigenvalue weighted by Crippen LogP contribution is 2.26. The van der Waals surface area contributed by atoms with Crippen LogP contribution in [0.3, 0.4) is 0 Å². The largest absolute Gasteiger partial charge is 0.506 e. The van der Waals surface area contributed by atoms with Crippen LogP contribution in [-0.2, 0) is 6.54 Å². The minimum absolute atomic E-state index is 0.257. The summed E-state index contributed by atoms with van der Waals surface area (Å²) >= 11 is 0. The number of hydrogen-bond donors (Lipinski definition) is 2. The summed E-state index contributed by atoms with van der Waals surface area (Å²) < 4.78 is 0. The Morgan fingerprint density at radius 3 is 3.16 bits per heavy atom. The Hall–Kier alpha value is -1.65. The summed E-state index contributed by atoms with van der Waals surface area (Å²) in [6.45, 7) is 6.29. The zero-order chi connectivity index (χ0) is 13.2. The molecule has 0 saturated carbocycles. The topological polar surface area (TPSA) is 48.4 Å². The molecule has 100 valence electrons. The minimum Gasteiger partial charge on any atom is -0.506 e. The molecule has 3 rings (SSSR count). The number of hydrogen-bond acceptors (Lipinski definition) is 4. The van der Waals surface area contributed by atoms with E-state index in [1.54, 1.807) is 12.3 Å². The van der Waals surface area contributed by atoms with Gasteiger partial charge in [0.2, 0.25) is 0 Å². The number of phenolic OH excluding ortho intramolecular Hbond substituents is 1. The first-order valence-corrected chi connectivity index (χ1v) is 6.76. The Labute approximate surface area is 113 Å². The van der Waals surface area contributed by atoms with Gasteiger partial charge in [-0.25, -0.2) is 0 Å². The molecule has 0 aliphatic carbocycles. The lowest BCUT2D eigenvalue weighted by Gasteiger charge is -2.34. The summed E-state index contributed by atoms with van der Waals surface area (Å²) in [5, 5.41) is 14.3. The first-order valence-electron chi connectivity index (χ1n) is 6.76. The van der Waals surface area contributed by atoms with E-state index in [0.717, 1.165) is 31.6 Å². The van der Waals surface area contributed by atoms with Crippen LogP contribution in [0.2, 0.25) is 0 Å². The normalized spacial score (nSPS) is 20.8. The van der Waals surface area contributed by atoms with Crippen LogP contribution in [0.4, 0.5) is 0 Å². The number of piperazine rings is 1. The highest BCUT2D eigenvalue weighted by atomic mass is 16.3. The van der Waals surface area contributed by atoms with Crippen molar-refractivity contribution in [3.05, 3.63) is 36.0 Å². The zero-order valence-electron chi connectivity index (χ0n) is 11.1. The molecule has 1 aliphatic rings. The molecular weight excluding hydrogens is 238 g/mol. The number of nitrogens with one attached hydrogen (secondary N) is 1. The Morgan fingerprint density at radius 1 is 1.42 bits per heavy atom. The van der Waals surface area contributed by atoms with E-state index in [4.69, 9.17) is 0 Å². The maximum absolute atomic E-state index is 9.87. The van der Waals surface area contributed by atoms with Gasteiger partial charge >= 0.3 is 0 Å². The van der Waals surface area contributed by atoms with Crippen molar-refractivity contribution >= 4 is 10.9 Å². The minimum atomic E-state index is 0.257. The molecule has 1 saturated heterocycles. The Kier molecular flexibility index (Phi) is 3.36. The molecule has 2 aromatic rings. The fourth-order valence-electron chi connectivity index (χ4n) is 2.69. The van der Waals surface area contributed by atoms with Gasteiger partial charge in [-0.2, -0.15) is 0 Å². The number of fused-ring (bicyclic) bond motifs is 1. The molecule has 1 aromatic heterocycles. The highest BCUT2D eigenvalue weighted by Gasteiger charge is 2.19. The molecule has 4 heteroatoms. The molecular formula is C15H19N3O. The summed E-state index contributed by atoms with van der Waals surface area (Å²) in [7, 11) is 0. The van der Waals surface area contributed by atoms with Gasteiger partial charge in [-0.15, -0.1) is 0 Å². The van der Waals surface area contributed by atoms with Gasteiger partial charge in [-0.3, -0.25) is 9.88 Å². The number of aromatic nitrogens is 1. The third kappa shape index (κ3) is 2.41. The van der Waals surface area contributed by atoms with Crippen molar-refractivity contribution in [3.63, 3.8) is 0 Å². The van der Waals surface area contributed by atoms with E-state index in [1.165, 1.54) is 5.56 Å². The van der Waals surface area contributed by atoms with Gasteiger partial charge in [0.15, 0.2) is 0 Å². The molecule has 0 bridgehead atoms. The molecule has 19 heavy (non-hydrogen) atoms. The van der Waals surface area contributed by atoms with Crippen LogP contribution in [0, 0.1) is 0 Å². The van der Waals surface area contributed by atoms with E-state index in [-0.39, 0.29) is 5.75 Å². The number of phenols is 1. The summed E-state index contributed by atoms with van der Waals surface area (Å²) in [6, 6.07) is 8.25. The lowest BCUT2D eigenvalue weighted by molar-refractivity contribution is 0.166. The predicted molar refractivity (Wildman–Crippen MR) is 76.1 cm³/mol. The molecule has 2 N–H and O–H groups in total. The fourth-order valence-corrected chi connectivity index (χ4v) is 2.69. The van der Waals surface area contributed by atoms with Crippen LogP contribution in [-0.4, -0.2) is 40.7 Å². The number of benzene rings is 1. The molecule has 2 heterocycles. The second-order valence-corrected chi connectivity index (χ2v) is 5.17. The van der Waals surface area contributed by atoms with Crippen LogP contribution >= 0.6 is 0 Å². The molecule has 0 spiro atoms. The monoisotopic (exact) mass is 257 g/mol. The first kappa shape index (κ1) is 12.4. The highest BCUT2D eigenvalue weighted by molar-refractivity contribution is 5.87. The lowest BCUT2D eigenvalue weighted by atomic mass is 10.1. The Bertz CT molecular complexity index is 585. The van der Waals surface area contributed by atoms with Gasteiger partial charge in [0.1, 0.15) is 11.3 Å². The average molecular weight is 257 g/mol. The SMILES string of the molecule is CC1CNCCN1Cc1ccc(O)c2ncccc12. The number of rotatable bonds is 2. The second kappa shape index (κ2) is 5.15. The van der Waals surface area contributed by atoms with Gasteiger partial charge in [0.25, 0.3) is 0 Å². The summed E-state index contributed by atoms with van der Waals surface area (Å²) in [5.74, 6) is 0.257. The van der Waals surface area contributed by atoms with Crippen LogP contribution in [0.15, 0.2) is 30.5 Å². The average Bonchev–Trinajstić information content (AvgIpc) is 2.44. The van der Waals surface area contributed by atoms with Crippen LogP contribution in [0.5, 0.6) is 5.75 Å². The van der Waals surface area contributed by atoms with Crippen molar-refractivity contribution < 1.29 is 5.11 Å². The predicted octanol–water partition coefficient (Wildman–Crippen LogP) is 1.73. The molecule has 1 atom stereocenters. The Balaban J connectivity index is 1.94. The maximum Gasteiger partial charge on any atom is 0.141 e. The van der Waals surface area contributed by atoms with Gasteiger partial charge in [0.05, 0.1) is 0 Å². The smallest absolute Gasteiger partial charge is 0.141 e. The van der Waals surface area contributed by atoms with Crippen LogP contribution < -0.4 is 5.32 Å². The molecule has 1 aromatic carbocycles. The van der Waals surface area contributed by atoms with Gasteiger partial charge in [-0.05, 0) is 24.6 Å². The second-order valence-electron chi connectivity index (χ2n) is 5.17. The van der Waals surface area contributed by atoms with Gasteiger partial charge in [-0.1, -0.05) is 12.1 Å². The van der Waals surface area contributed by atoms with Crippen molar-refractivity contribution in [1.82, 2.24) is 15.2 Å². The third-order valence-electron chi connectivity index (χ3n) is 3.85. The molecule has 1 unspecified atom stereocenters. The fraction of sp³-hybridized carbons (Fsp3) is 0.400. The summed E-state index contributed by atoms with van der Waals surface area (Å²) in [5.41, 5.74) is 1.93. The van der Waals surface area contributed by atoms with Crippen molar-refractivity contribution in [3.8, 4) is 5.75 Å². The molecule has 1 fully saturated rings. The molecule has 0 radical (unpaired) electrons. The zero-order valence-corrected chi connectivity index (χ0v) is 11.1. The maximum atomic E-state index is 9.87. The van der Waals surface area contributed by atoms with Crippen molar-refractivity contribution in [2.24, 2.45) is 0 Å². The number of nitrogens with zero attached hydrogens (tertiary/aromatic N) is 2. The molecule has 4 nitrogen and oxygen atoms in total. The Morgan fingerprint density at radius 2 is 2.32 bits per heavy atom. The summed E-state index contributed by atoms with van der Waals surface area (Å²) in [6.07, 6.45) is 1.72. The van der Waals surface area contributed by atoms with Gasteiger partial charge in [0, 0.05) is 43.8 Å². The molecule has 1 aliphatic heterocycles. The lowest BCUT2D eigenvalue weighted by Crippen LogP contribution is -2.49. The van der Waals surface area contributed by atoms with Crippen molar-refractivity contribution in [1.29, 1.82) is 0 Å². The van der Waals surface area contributed by atoms with Crippen molar-refractivity contribution in [2.75, 3.05) is 19.6 Å². The van der Waals surface area contributed by atoms with E-state index in [0.29, 0.717) is 11.6 Å². The first-order chi connectivity index (χ1) is 9.25.